The summed E-state index contributed by atoms with van der Waals surface area (Å²) in [6.07, 6.45) is 4.83. The second kappa shape index (κ2) is 6.89. The van der Waals surface area contributed by atoms with Crippen molar-refractivity contribution in [2.75, 3.05) is 6.54 Å². The molecule has 1 heterocycles. The minimum atomic E-state index is -0.791. The fourth-order valence-electron chi connectivity index (χ4n) is 2.49. The second-order valence-corrected chi connectivity index (χ2v) is 6.16. The van der Waals surface area contributed by atoms with Crippen LogP contribution in [0.1, 0.15) is 58.8 Å². The van der Waals surface area contributed by atoms with Crippen molar-refractivity contribution < 1.29 is 14.7 Å². The van der Waals surface area contributed by atoms with Crippen LogP contribution >= 0.6 is 0 Å². The van der Waals surface area contributed by atoms with Gasteiger partial charge in [0.2, 0.25) is 5.91 Å². The van der Waals surface area contributed by atoms with Crippen molar-refractivity contribution in [2.24, 2.45) is 5.73 Å². The highest BCUT2D eigenvalue weighted by Crippen LogP contribution is 2.22. The minimum absolute atomic E-state index is 0.0956. The molecule has 5 nitrogen and oxygen atoms in total. The molecule has 0 bridgehead atoms. The number of likely N-dealkylation sites (tertiary alicyclic amines) is 1. The largest absolute Gasteiger partial charge is 0.481 e. The lowest BCUT2D eigenvalue weighted by molar-refractivity contribution is -0.140. The molecule has 0 aromatic rings. The molecule has 0 aromatic carbocycles. The number of carboxylic acid groups (broad SMARTS) is 1. The van der Waals surface area contributed by atoms with E-state index in [9.17, 15) is 9.59 Å². The van der Waals surface area contributed by atoms with E-state index in [1.807, 2.05) is 18.7 Å². The van der Waals surface area contributed by atoms with Gasteiger partial charge in [0.25, 0.3) is 0 Å². The zero-order valence-corrected chi connectivity index (χ0v) is 12.0. The maximum atomic E-state index is 12.2. The fraction of sp³-hybridized carbons (Fsp3) is 0.857. The molecular formula is C14H26N2O3. The Morgan fingerprint density at radius 2 is 2.00 bits per heavy atom. The van der Waals surface area contributed by atoms with Crippen LogP contribution in [0.15, 0.2) is 0 Å². The Balaban J connectivity index is 2.50. The maximum Gasteiger partial charge on any atom is 0.303 e. The van der Waals surface area contributed by atoms with Gasteiger partial charge in [0, 0.05) is 31.0 Å². The van der Waals surface area contributed by atoms with E-state index < -0.39 is 5.97 Å². The molecule has 1 saturated heterocycles. The van der Waals surface area contributed by atoms with Crippen LogP contribution in [-0.2, 0) is 9.59 Å². The highest BCUT2D eigenvalue weighted by molar-refractivity contribution is 5.76. The predicted octanol–water partition coefficient (Wildman–Crippen LogP) is 1.75. The van der Waals surface area contributed by atoms with Crippen molar-refractivity contribution in [2.45, 2.75) is 70.4 Å². The van der Waals surface area contributed by atoms with Crippen LogP contribution in [0.5, 0.6) is 0 Å². The second-order valence-electron chi connectivity index (χ2n) is 6.16. The van der Waals surface area contributed by atoms with Gasteiger partial charge < -0.3 is 15.7 Å². The smallest absolute Gasteiger partial charge is 0.303 e. The van der Waals surface area contributed by atoms with Gasteiger partial charge in [-0.1, -0.05) is 0 Å². The van der Waals surface area contributed by atoms with Crippen LogP contribution in [-0.4, -0.2) is 40.0 Å². The van der Waals surface area contributed by atoms with E-state index in [-0.39, 0.29) is 23.9 Å². The van der Waals surface area contributed by atoms with Crippen LogP contribution in [0, 0.1) is 0 Å². The summed E-state index contributed by atoms with van der Waals surface area (Å²) in [5, 5.41) is 8.76. The molecule has 1 rings (SSSR count). The molecule has 0 radical (unpaired) electrons. The highest BCUT2D eigenvalue weighted by Gasteiger charge is 2.27. The molecule has 0 spiro atoms. The molecule has 1 unspecified atom stereocenters. The summed E-state index contributed by atoms with van der Waals surface area (Å²) in [6.45, 7) is 4.59. The number of hydrogen-bond acceptors (Lipinski definition) is 3. The Hall–Kier alpha value is -1.10. The van der Waals surface area contributed by atoms with E-state index in [1.165, 1.54) is 0 Å². The van der Waals surface area contributed by atoms with E-state index in [4.69, 9.17) is 10.8 Å². The van der Waals surface area contributed by atoms with Crippen molar-refractivity contribution in [1.29, 1.82) is 0 Å². The van der Waals surface area contributed by atoms with Crippen molar-refractivity contribution in [3.63, 3.8) is 0 Å². The van der Waals surface area contributed by atoms with Crippen LogP contribution in [0.4, 0.5) is 0 Å². The van der Waals surface area contributed by atoms with Crippen LogP contribution in [0.25, 0.3) is 0 Å². The van der Waals surface area contributed by atoms with Gasteiger partial charge >= 0.3 is 5.97 Å². The molecule has 110 valence electrons. The first-order valence-corrected chi connectivity index (χ1v) is 7.10. The van der Waals surface area contributed by atoms with Crippen molar-refractivity contribution in [1.82, 2.24) is 4.90 Å². The lowest BCUT2D eigenvalue weighted by atomic mass is 9.95. The zero-order valence-electron chi connectivity index (χ0n) is 12.0. The molecule has 0 aromatic heterocycles. The van der Waals surface area contributed by atoms with Gasteiger partial charge in [-0.3, -0.25) is 9.59 Å². The number of carbonyl (C=O) groups excluding carboxylic acids is 1. The molecule has 1 aliphatic heterocycles. The molecule has 3 N–H and O–H groups in total. The number of carboxylic acids is 1. The monoisotopic (exact) mass is 270 g/mol. The molecule has 1 aliphatic rings. The number of nitrogens with two attached hydrogens (primary N) is 1. The number of aliphatic carboxylic acids is 1. The standard InChI is InChI=1S/C14H26N2O3/c1-14(2,15)9-8-12(17)16-10-4-3-5-11(16)6-7-13(18)19/h11H,3-10,15H2,1-2H3,(H,18,19). The first-order valence-electron chi connectivity index (χ1n) is 7.10. The summed E-state index contributed by atoms with van der Waals surface area (Å²) in [7, 11) is 0. The summed E-state index contributed by atoms with van der Waals surface area (Å²) in [4.78, 5) is 24.8. The summed E-state index contributed by atoms with van der Waals surface area (Å²) in [5.74, 6) is -0.672. The Labute approximate surface area is 115 Å². The first kappa shape index (κ1) is 16.0. The van der Waals surface area contributed by atoms with Crippen molar-refractivity contribution >= 4 is 11.9 Å². The Morgan fingerprint density at radius 1 is 1.32 bits per heavy atom. The van der Waals surface area contributed by atoms with Gasteiger partial charge in [0.05, 0.1) is 0 Å². The Kier molecular flexibility index (Phi) is 5.79. The lowest BCUT2D eigenvalue weighted by Crippen LogP contribution is -2.45. The fourth-order valence-corrected chi connectivity index (χ4v) is 2.49. The van der Waals surface area contributed by atoms with Crippen molar-refractivity contribution in [3.8, 4) is 0 Å². The number of amides is 1. The average Bonchev–Trinajstić information content (AvgIpc) is 2.33. The van der Waals surface area contributed by atoms with Gasteiger partial charge in [0.1, 0.15) is 0 Å². The van der Waals surface area contributed by atoms with Gasteiger partial charge in [-0.05, 0) is 46.0 Å². The molecule has 1 fully saturated rings. The molecule has 0 saturated carbocycles. The minimum Gasteiger partial charge on any atom is -0.481 e. The highest BCUT2D eigenvalue weighted by atomic mass is 16.4. The van der Waals surface area contributed by atoms with E-state index in [0.717, 1.165) is 25.8 Å². The summed E-state index contributed by atoms with van der Waals surface area (Å²) >= 11 is 0. The van der Waals surface area contributed by atoms with Crippen molar-refractivity contribution in [3.05, 3.63) is 0 Å². The zero-order chi connectivity index (χ0) is 14.5. The summed E-state index contributed by atoms with van der Waals surface area (Å²) < 4.78 is 0. The molecule has 1 amide bonds. The third kappa shape index (κ3) is 6.05. The third-order valence-corrected chi connectivity index (χ3v) is 3.62. The van der Waals surface area contributed by atoms with E-state index in [1.54, 1.807) is 0 Å². The number of rotatable bonds is 6. The Bertz CT molecular complexity index is 323. The number of nitrogens with zero attached hydrogens (tertiary/aromatic N) is 1. The molecular weight excluding hydrogens is 244 g/mol. The van der Waals surface area contributed by atoms with E-state index in [2.05, 4.69) is 0 Å². The molecule has 5 heteroatoms. The predicted molar refractivity (Wildman–Crippen MR) is 73.7 cm³/mol. The van der Waals surface area contributed by atoms with Crippen LogP contribution < -0.4 is 5.73 Å². The van der Waals surface area contributed by atoms with Crippen LogP contribution in [0.3, 0.4) is 0 Å². The summed E-state index contributed by atoms with van der Waals surface area (Å²) in [5.41, 5.74) is 5.57. The van der Waals surface area contributed by atoms with Gasteiger partial charge in [0.15, 0.2) is 0 Å². The molecule has 0 aliphatic carbocycles. The lowest BCUT2D eigenvalue weighted by Gasteiger charge is -2.36. The Morgan fingerprint density at radius 3 is 2.58 bits per heavy atom. The van der Waals surface area contributed by atoms with E-state index in [0.29, 0.717) is 19.3 Å². The number of carbonyl (C=O) groups is 2. The topological polar surface area (TPSA) is 83.6 Å². The third-order valence-electron chi connectivity index (χ3n) is 3.62. The van der Waals surface area contributed by atoms with Gasteiger partial charge in [-0.25, -0.2) is 0 Å². The quantitative estimate of drug-likeness (QED) is 0.770. The van der Waals surface area contributed by atoms with Gasteiger partial charge in [-0.2, -0.15) is 0 Å². The van der Waals surface area contributed by atoms with E-state index >= 15 is 0 Å². The first-order chi connectivity index (χ1) is 8.79. The SMILES string of the molecule is CC(C)(N)CCC(=O)N1CCCCC1CCC(=O)O. The maximum absolute atomic E-state index is 12.2. The normalized spacial score (nSPS) is 20.4. The molecule has 1 atom stereocenters. The number of hydrogen-bond donors (Lipinski definition) is 2. The molecule has 19 heavy (non-hydrogen) atoms. The van der Waals surface area contributed by atoms with Crippen LogP contribution in [0.2, 0.25) is 0 Å². The van der Waals surface area contributed by atoms with Gasteiger partial charge in [-0.15, -0.1) is 0 Å². The number of piperidine rings is 1. The summed E-state index contributed by atoms with van der Waals surface area (Å²) in [6, 6.07) is 0.0956. The average molecular weight is 270 g/mol.